The third kappa shape index (κ3) is 4.82. The molecule has 31 heavy (non-hydrogen) atoms. The summed E-state index contributed by atoms with van der Waals surface area (Å²) in [6.07, 6.45) is 4.62. The first kappa shape index (κ1) is 20.8. The summed E-state index contributed by atoms with van der Waals surface area (Å²) in [5.41, 5.74) is 2.65. The number of carbonyl (C=O) groups excluding carboxylic acids is 2. The van der Waals surface area contributed by atoms with Crippen molar-refractivity contribution in [3.8, 4) is 17.2 Å². The maximum atomic E-state index is 12.6. The highest BCUT2D eigenvalue weighted by molar-refractivity contribution is 5.94. The molecule has 7 nitrogen and oxygen atoms in total. The molecule has 0 unspecified atom stereocenters. The molecule has 0 bridgehead atoms. The monoisotopic (exact) mass is 422 g/mol. The van der Waals surface area contributed by atoms with Crippen LogP contribution in [0.2, 0.25) is 0 Å². The molecule has 2 aromatic rings. The van der Waals surface area contributed by atoms with Gasteiger partial charge in [0.05, 0.1) is 7.11 Å². The molecule has 162 valence electrons. The number of nitrogens with one attached hydrogen (secondary N) is 1. The van der Waals surface area contributed by atoms with Gasteiger partial charge in [0.15, 0.2) is 11.5 Å². The van der Waals surface area contributed by atoms with Crippen molar-refractivity contribution in [1.82, 2.24) is 4.90 Å². The van der Waals surface area contributed by atoms with Crippen LogP contribution in [0.15, 0.2) is 42.5 Å². The van der Waals surface area contributed by atoms with Crippen molar-refractivity contribution < 1.29 is 23.8 Å². The summed E-state index contributed by atoms with van der Waals surface area (Å²) in [6.45, 7) is 3.29. The maximum Gasteiger partial charge on any atom is 0.246 e. The molecule has 4 rings (SSSR count). The number of amides is 2. The molecule has 1 saturated heterocycles. The van der Waals surface area contributed by atoms with E-state index < -0.39 is 0 Å². The summed E-state index contributed by atoms with van der Waals surface area (Å²) in [5, 5.41) is 2.94. The van der Waals surface area contributed by atoms with Crippen molar-refractivity contribution in [2.75, 3.05) is 32.3 Å². The largest absolute Gasteiger partial charge is 0.496 e. The number of benzene rings is 2. The van der Waals surface area contributed by atoms with Gasteiger partial charge in [0, 0.05) is 42.4 Å². The second-order valence-electron chi connectivity index (χ2n) is 7.74. The van der Waals surface area contributed by atoms with Crippen LogP contribution in [-0.2, 0) is 9.59 Å². The highest BCUT2D eigenvalue weighted by Gasteiger charge is 2.27. The Morgan fingerprint density at radius 1 is 1.10 bits per heavy atom. The summed E-state index contributed by atoms with van der Waals surface area (Å²) in [4.78, 5) is 27.0. The first-order valence-electron chi connectivity index (χ1n) is 10.4. The molecule has 0 atom stereocenters. The third-order valence-corrected chi connectivity index (χ3v) is 5.61. The van der Waals surface area contributed by atoms with E-state index in [0.29, 0.717) is 43.1 Å². The highest BCUT2D eigenvalue weighted by Crippen LogP contribution is 2.34. The van der Waals surface area contributed by atoms with Crippen molar-refractivity contribution in [2.24, 2.45) is 5.92 Å². The number of rotatable bonds is 5. The number of hydrogen-bond donors (Lipinski definition) is 1. The van der Waals surface area contributed by atoms with Gasteiger partial charge < -0.3 is 24.4 Å². The smallest absolute Gasteiger partial charge is 0.246 e. The Morgan fingerprint density at radius 2 is 1.87 bits per heavy atom. The van der Waals surface area contributed by atoms with Gasteiger partial charge in [-0.2, -0.15) is 0 Å². The van der Waals surface area contributed by atoms with E-state index in [1.54, 1.807) is 42.4 Å². The van der Waals surface area contributed by atoms with Crippen LogP contribution >= 0.6 is 0 Å². The van der Waals surface area contributed by atoms with E-state index in [-0.39, 0.29) is 24.5 Å². The number of nitrogens with zero attached hydrogens (tertiary/aromatic N) is 1. The topological polar surface area (TPSA) is 77.1 Å². The summed E-state index contributed by atoms with van der Waals surface area (Å²) < 4.78 is 16.0. The van der Waals surface area contributed by atoms with Gasteiger partial charge in [-0.1, -0.05) is 11.6 Å². The highest BCUT2D eigenvalue weighted by atomic mass is 16.7. The fourth-order valence-corrected chi connectivity index (χ4v) is 3.83. The van der Waals surface area contributed by atoms with Crippen LogP contribution < -0.4 is 19.5 Å². The van der Waals surface area contributed by atoms with Crippen LogP contribution in [0.4, 0.5) is 5.69 Å². The SMILES string of the molecule is COc1ccc(C)cc1/C=C/C(=O)N1CCC(C(=O)Nc2ccc3c(c2)OCO3)CC1. The number of methoxy groups -OCH3 is 1. The number of ether oxygens (including phenoxy) is 3. The summed E-state index contributed by atoms with van der Waals surface area (Å²) in [6, 6.07) is 11.2. The normalized spacial score (nSPS) is 15.9. The quantitative estimate of drug-likeness (QED) is 0.745. The van der Waals surface area contributed by atoms with E-state index in [0.717, 1.165) is 16.9 Å². The van der Waals surface area contributed by atoms with Crippen molar-refractivity contribution in [1.29, 1.82) is 0 Å². The van der Waals surface area contributed by atoms with Crippen molar-refractivity contribution in [3.05, 3.63) is 53.6 Å². The lowest BCUT2D eigenvalue weighted by Gasteiger charge is -2.30. The van der Waals surface area contributed by atoms with Gasteiger partial charge in [0.2, 0.25) is 18.6 Å². The van der Waals surface area contributed by atoms with Gasteiger partial charge in [0.1, 0.15) is 5.75 Å². The lowest BCUT2D eigenvalue weighted by molar-refractivity contribution is -0.130. The van der Waals surface area contributed by atoms with Crippen molar-refractivity contribution in [3.63, 3.8) is 0 Å². The molecule has 1 N–H and O–H groups in total. The molecule has 0 aliphatic carbocycles. The number of piperidine rings is 1. The first-order chi connectivity index (χ1) is 15.0. The van der Waals surface area contributed by atoms with Crippen LogP contribution in [0.3, 0.4) is 0 Å². The van der Waals surface area contributed by atoms with Crippen LogP contribution in [0.1, 0.15) is 24.0 Å². The summed E-state index contributed by atoms with van der Waals surface area (Å²) in [7, 11) is 1.61. The minimum absolute atomic E-state index is 0.0361. The van der Waals surface area contributed by atoms with Crippen LogP contribution in [0.25, 0.3) is 6.08 Å². The maximum absolute atomic E-state index is 12.6. The molecule has 2 amide bonds. The Hall–Kier alpha value is -3.48. The second kappa shape index (κ2) is 9.12. The zero-order valence-electron chi connectivity index (χ0n) is 17.7. The van der Waals surface area contributed by atoms with E-state index in [4.69, 9.17) is 14.2 Å². The third-order valence-electron chi connectivity index (χ3n) is 5.61. The number of anilines is 1. The van der Waals surface area contributed by atoms with E-state index in [1.807, 2.05) is 25.1 Å². The van der Waals surface area contributed by atoms with E-state index >= 15 is 0 Å². The second-order valence-corrected chi connectivity index (χ2v) is 7.74. The van der Waals surface area contributed by atoms with Gasteiger partial charge in [-0.3, -0.25) is 9.59 Å². The lowest BCUT2D eigenvalue weighted by atomic mass is 9.95. The predicted octanol–water partition coefficient (Wildman–Crippen LogP) is 3.62. The molecule has 2 aromatic carbocycles. The van der Waals surface area contributed by atoms with Gasteiger partial charge >= 0.3 is 0 Å². The van der Waals surface area contributed by atoms with Crippen LogP contribution in [-0.4, -0.2) is 43.7 Å². The fourth-order valence-electron chi connectivity index (χ4n) is 3.83. The molecule has 0 spiro atoms. The number of hydrogen-bond acceptors (Lipinski definition) is 5. The number of fused-ring (bicyclic) bond motifs is 1. The number of carbonyl (C=O) groups is 2. The number of likely N-dealkylation sites (tertiary alicyclic amines) is 1. The minimum Gasteiger partial charge on any atom is -0.496 e. The first-order valence-corrected chi connectivity index (χ1v) is 10.4. The van der Waals surface area contributed by atoms with Gasteiger partial charge in [0.25, 0.3) is 0 Å². The van der Waals surface area contributed by atoms with E-state index in [1.165, 1.54) is 0 Å². The lowest BCUT2D eigenvalue weighted by Crippen LogP contribution is -2.40. The molecule has 2 heterocycles. The Labute approximate surface area is 181 Å². The zero-order valence-corrected chi connectivity index (χ0v) is 17.7. The molecular formula is C24H26N2O5. The minimum atomic E-state index is -0.129. The van der Waals surface area contributed by atoms with Crippen LogP contribution in [0.5, 0.6) is 17.2 Å². The molecule has 0 saturated carbocycles. The molecule has 7 heteroatoms. The Kier molecular flexibility index (Phi) is 6.11. The van der Waals surface area contributed by atoms with E-state index in [2.05, 4.69) is 5.32 Å². The van der Waals surface area contributed by atoms with Crippen molar-refractivity contribution >= 4 is 23.6 Å². The average molecular weight is 422 g/mol. The molecular weight excluding hydrogens is 396 g/mol. The van der Waals surface area contributed by atoms with Gasteiger partial charge in [-0.25, -0.2) is 0 Å². The molecule has 0 aromatic heterocycles. The summed E-state index contributed by atoms with van der Waals surface area (Å²) >= 11 is 0. The average Bonchev–Trinajstić information content (AvgIpc) is 3.25. The Balaban J connectivity index is 1.30. The Bertz CT molecular complexity index is 1010. The summed E-state index contributed by atoms with van der Waals surface area (Å²) in [5.74, 6) is 1.82. The Morgan fingerprint density at radius 3 is 2.65 bits per heavy atom. The molecule has 2 aliphatic heterocycles. The zero-order chi connectivity index (χ0) is 21.8. The number of aryl methyl sites for hydroxylation is 1. The van der Waals surface area contributed by atoms with E-state index in [9.17, 15) is 9.59 Å². The fraction of sp³-hybridized carbons (Fsp3) is 0.333. The molecule has 0 radical (unpaired) electrons. The predicted molar refractivity (Wildman–Crippen MR) is 117 cm³/mol. The standard InChI is InChI=1S/C24H26N2O5/c1-16-3-6-20(29-2)18(13-16)4-8-23(27)26-11-9-17(10-12-26)24(28)25-19-5-7-21-22(14-19)31-15-30-21/h3-8,13-14,17H,9-12,15H2,1-2H3,(H,25,28)/b8-4+. The molecule has 2 aliphatic rings. The molecule has 1 fully saturated rings. The van der Waals surface area contributed by atoms with Crippen LogP contribution in [0, 0.1) is 12.8 Å². The van der Waals surface area contributed by atoms with Gasteiger partial charge in [-0.05, 0) is 50.1 Å². The van der Waals surface area contributed by atoms with Crippen molar-refractivity contribution in [2.45, 2.75) is 19.8 Å². The van der Waals surface area contributed by atoms with Gasteiger partial charge in [-0.15, -0.1) is 0 Å².